The predicted octanol–water partition coefficient (Wildman–Crippen LogP) is 1.47. The van der Waals surface area contributed by atoms with Crippen LogP contribution >= 0.6 is 0 Å². The number of carbonyl (C=O) groups is 2. The van der Waals surface area contributed by atoms with Crippen molar-refractivity contribution in [1.82, 2.24) is 4.90 Å². The highest BCUT2D eigenvalue weighted by Crippen LogP contribution is 2.30. The molecule has 0 aromatic heterocycles. The Morgan fingerprint density at radius 1 is 1.42 bits per heavy atom. The maximum atomic E-state index is 13.9. The van der Waals surface area contributed by atoms with Crippen molar-refractivity contribution < 1.29 is 14.0 Å². The SMILES string of the molecule is Cc1cccc(C(=O)N2CCC(C)(C(N)=O)C2)c1F. The fraction of sp³-hybridized carbons (Fsp3) is 0.429. The van der Waals surface area contributed by atoms with Gasteiger partial charge in [-0.2, -0.15) is 0 Å². The van der Waals surface area contributed by atoms with Crippen molar-refractivity contribution in [2.24, 2.45) is 11.1 Å². The number of rotatable bonds is 2. The summed E-state index contributed by atoms with van der Waals surface area (Å²) < 4.78 is 13.9. The molecular weight excluding hydrogens is 247 g/mol. The first-order valence-electron chi connectivity index (χ1n) is 6.19. The molecule has 1 fully saturated rings. The number of carbonyl (C=O) groups excluding carboxylic acids is 2. The van der Waals surface area contributed by atoms with E-state index in [1.807, 2.05) is 0 Å². The Balaban J connectivity index is 2.23. The molecule has 0 bridgehead atoms. The highest BCUT2D eigenvalue weighted by molar-refractivity contribution is 5.95. The molecule has 0 radical (unpaired) electrons. The summed E-state index contributed by atoms with van der Waals surface area (Å²) in [5.74, 6) is -1.31. The van der Waals surface area contributed by atoms with Crippen LogP contribution in [0, 0.1) is 18.2 Å². The first-order chi connectivity index (χ1) is 8.85. The molecule has 1 aliphatic heterocycles. The molecule has 2 amide bonds. The van der Waals surface area contributed by atoms with Crippen LogP contribution in [0.25, 0.3) is 0 Å². The minimum absolute atomic E-state index is 0.0497. The summed E-state index contributed by atoms with van der Waals surface area (Å²) in [6.07, 6.45) is 0.515. The normalized spacial score (nSPS) is 22.6. The van der Waals surface area contributed by atoms with Crippen LogP contribution in [0.4, 0.5) is 4.39 Å². The van der Waals surface area contributed by atoms with Gasteiger partial charge in [-0.15, -0.1) is 0 Å². The Kier molecular flexibility index (Phi) is 3.30. The van der Waals surface area contributed by atoms with E-state index in [0.717, 1.165) is 0 Å². The second kappa shape index (κ2) is 4.64. The lowest BCUT2D eigenvalue weighted by Gasteiger charge is -2.21. The smallest absolute Gasteiger partial charge is 0.256 e. The van der Waals surface area contributed by atoms with Gasteiger partial charge >= 0.3 is 0 Å². The maximum Gasteiger partial charge on any atom is 0.256 e. The molecule has 0 aliphatic carbocycles. The summed E-state index contributed by atoms with van der Waals surface area (Å²) in [5.41, 5.74) is 5.11. The molecule has 102 valence electrons. The summed E-state index contributed by atoms with van der Waals surface area (Å²) in [6, 6.07) is 4.73. The van der Waals surface area contributed by atoms with Gasteiger partial charge in [0.15, 0.2) is 0 Å². The Morgan fingerprint density at radius 2 is 2.11 bits per heavy atom. The lowest BCUT2D eigenvalue weighted by molar-refractivity contribution is -0.126. The van der Waals surface area contributed by atoms with Gasteiger partial charge < -0.3 is 10.6 Å². The van der Waals surface area contributed by atoms with Crippen molar-refractivity contribution in [3.8, 4) is 0 Å². The fourth-order valence-electron chi connectivity index (χ4n) is 2.32. The van der Waals surface area contributed by atoms with Crippen LogP contribution in [0.1, 0.15) is 29.3 Å². The number of nitrogens with zero attached hydrogens (tertiary/aromatic N) is 1. The number of likely N-dealkylation sites (tertiary alicyclic amines) is 1. The van der Waals surface area contributed by atoms with Crippen LogP contribution in [0.5, 0.6) is 0 Å². The highest BCUT2D eigenvalue weighted by atomic mass is 19.1. The average Bonchev–Trinajstić information content (AvgIpc) is 2.76. The van der Waals surface area contributed by atoms with E-state index in [9.17, 15) is 14.0 Å². The van der Waals surface area contributed by atoms with Gasteiger partial charge in [-0.1, -0.05) is 12.1 Å². The van der Waals surface area contributed by atoms with Gasteiger partial charge in [0.25, 0.3) is 5.91 Å². The van der Waals surface area contributed by atoms with E-state index in [2.05, 4.69) is 0 Å². The lowest BCUT2D eigenvalue weighted by Crippen LogP contribution is -2.38. The van der Waals surface area contributed by atoms with Gasteiger partial charge in [0.2, 0.25) is 5.91 Å². The summed E-state index contributed by atoms with van der Waals surface area (Å²) in [6.45, 7) is 4.01. The molecule has 1 unspecified atom stereocenters. The van der Waals surface area contributed by atoms with Crippen LogP contribution in [-0.2, 0) is 4.79 Å². The van der Waals surface area contributed by atoms with Gasteiger partial charge in [-0.05, 0) is 31.9 Å². The molecule has 5 heteroatoms. The number of halogens is 1. The van der Waals surface area contributed by atoms with E-state index in [4.69, 9.17) is 5.73 Å². The van der Waals surface area contributed by atoms with Crippen molar-refractivity contribution in [2.45, 2.75) is 20.3 Å². The van der Waals surface area contributed by atoms with E-state index in [-0.39, 0.29) is 18.0 Å². The van der Waals surface area contributed by atoms with Crippen LogP contribution in [-0.4, -0.2) is 29.8 Å². The number of hydrogen-bond donors (Lipinski definition) is 1. The Bertz CT molecular complexity index is 544. The number of primary amides is 1. The van der Waals surface area contributed by atoms with Crippen LogP contribution < -0.4 is 5.73 Å². The maximum absolute atomic E-state index is 13.9. The molecule has 1 atom stereocenters. The summed E-state index contributed by atoms with van der Waals surface area (Å²) in [7, 11) is 0. The van der Waals surface area contributed by atoms with Crippen LogP contribution in [0.15, 0.2) is 18.2 Å². The van der Waals surface area contributed by atoms with E-state index >= 15 is 0 Å². The quantitative estimate of drug-likeness (QED) is 0.879. The van der Waals surface area contributed by atoms with Crippen molar-refractivity contribution in [3.05, 3.63) is 35.1 Å². The molecule has 4 nitrogen and oxygen atoms in total. The second-order valence-corrected chi connectivity index (χ2v) is 5.34. The zero-order valence-electron chi connectivity index (χ0n) is 11.1. The number of aryl methyl sites for hydroxylation is 1. The minimum Gasteiger partial charge on any atom is -0.369 e. The van der Waals surface area contributed by atoms with E-state index < -0.39 is 17.1 Å². The zero-order chi connectivity index (χ0) is 14.2. The molecule has 1 aromatic carbocycles. The van der Waals surface area contributed by atoms with Gasteiger partial charge in [-0.25, -0.2) is 4.39 Å². The molecule has 0 saturated carbocycles. The summed E-state index contributed by atoms with van der Waals surface area (Å²) >= 11 is 0. The van der Waals surface area contributed by atoms with E-state index in [0.29, 0.717) is 18.5 Å². The molecule has 1 heterocycles. The minimum atomic E-state index is -0.712. The Hall–Kier alpha value is -1.91. The average molecular weight is 264 g/mol. The van der Waals surface area contributed by atoms with Gasteiger partial charge in [0.05, 0.1) is 11.0 Å². The van der Waals surface area contributed by atoms with Gasteiger partial charge in [0, 0.05) is 13.1 Å². The standard InChI is InChI=1S/C14H17FN2O2/c1-9-4-3-5-10(11(9)15)12(18)17-7-6-14(2,8-17)13(16)19/h3-5H,6-8H2,1-2H3,(H2,16,19). The predicted molar refractivity (Wildman–Crippen MR) is 69.0 cm³/mol. The van der Waals surface area contributed by atoms with E-state index in [1.165, 1.54) is 11.0 Å². The van der Waals surface area contributed by atoms with Crippen molar-refractivity contribution in [2.75, 3.05) is 13.1 Å². The number of nitrogens with two attached hydrogens (primary N) is 1. The van der Waals surface area contributed by atoms with Gasteiger partial charge in [-0.3, -0.25) is 9.59 Å². The Morgan fingerprint density at radius 3 is 2.68 bits per heavy atom. The second-order valence-electron chi connectivity index (χ2n) is 5.34. The zero-order valence-corrected chi connectivity index (χ0v) is 11.1. The largest absolute Gasteiger partial charge is 0.369 e. The molecule has 1 saturated heterocycles. The molecule has 2 N–H and O–H groups in total. The molecule has 1 aromatic rings. The van der Waals surface area contributed by atoms with Crippen molar-refractivity contribution in [1.29, 1.82) is 0 Å². The third kappa shape index (κ3) is 2.32. The third-order valence-electron chi connectivity index (χ3n) is 3.78. The van der Waals surface area contributed by atoms with Gasteiger partial charge in [0.1, 0.15) is 5.82 Å². The monoisotopic (exact) mass is 264 g/mol. The fourth-order valence-corrected chi connectivity index (χ4v) is 2.32. The third-order valence-corrected chi connectivity index (χ3v) is 3.78. The van der Waals surface area contributed by atoms with Crippen molar-refractivity contribution >= 4 is 11.8 Å². The van der Waals surface area contributed by atoms with Crippen molar-refractivity contribution in [3.63, 3.8) is 0 Å². The van der Waals surface area contributed by atoms with E-state index in [1.54, 1.807) is 26.0 Å². The molecular formula is C14H17FN2O2. The molecule has 0 spiro atoms. The molecule has 2 rings (SSSR count). The topological polar surface area (TPSA) is 63.4 Å². The first-order valence-corrected chi connectivity index (χ1v) is 6.19. The van der Waals surface area contributed by atoms with Crippen LogP contribution in [0.3, 0.4) is 0 Å². The molecule has 19 heavy (non-hydrogen) atoms. The number of hydrogen-bond acceptors (Lipinski definition) is 2. The first kappa shape index (κ1) is 13.5. The molecule has 1 aliphatic rings. The summed E-state index contributed by atoms with van der Waals surface area (Å²) in [4.78, 5) is 25.1. The lowest BCUT2D eigenvalue weighted by atomic mass is 9.89. The summed E-state index contributed by atoms with van der Waals surface area (Å²) in [5, 5.41) is 0. The number of benzene rings is 1. The van der Waals surface area contributed by atoms with Crippen LogP contribution in [0.2, 0.25) is 0 Å². The Labute approximate surface area is 111 Å². The number of amides is 2. The highest BCUT2D eigenvalue weighted by Gasteiger charge is 2.41.